The highest BCUT2D eigenvalue weighted by Gasteiger charge is 2.49. The van der Waals surface area contributed by atoms with E-state index in [0.717, 1.165) is 12.8 Å². The number of ether oxygens (including phenoxy) is 2. The maximum Gasteiger partial charge on any atom is 0.171 e. The minimum Gasteiger partial charge on any atom is -0.347 e. The van der Waals surface area contributed by atoms with E-state index < -0.39 is 5.79 Å². The van der Waals surface area contributed by atoms with E-state index in [9.17, 15) is 4.91 Å². The molecule has 1 aliphatic carbocycles. The molecule has 17 heavy (non-hydrogen) atoms. The van der Waals surface area contributed by atoms with Gasteiger partial charge >= 0.3 is 0 Å². The molecule has 1 aliphatic heterocycles. The Morgan fingerprint density at radius 3 is 2.41 bits per heavy atom. The topological polar surface area (TPSA) is 47.9 Å². The van der Waals surface area contributed by atoms with E-state index in [0.29, 0.717) is 31.0 Å². The molecule has 0 aromatic rings. The highest BCUT2D eigenvalue weighted by atomic mass is 16.7. The summed E-state index contributed by atoms with van der Waals surface area (Å²) in [5.74, 6) is 1.16. The first-order valence-corrected chi connectivity index (χ1v) is 6.68. The van der Waals surface area contributed by atoms with Gasteiger partial charge in [0.1, 0.15) is 6.04 Å². The molecule has 0 aromatic heterocycles. The van der Waals surface area contributed by atoms with Gasteiger partial charge in [0, 0.05) is 12.3 Å². The molecule has 4 heteroatoms. The Labute approximate surface area is 103 Å². The second kappa shape index (κ2) is 5.02. The van der Waals surface area contributed by atoms with Crippen molar-refractivity contribution in [2.24, 2.45) is 22.9 Å². The lowest BCUT2D eigenvalue weighted by Crippen LogP contribution is -2.55. The molecule has 2 fully saturated rings. The second-order valence-corrected chi connectivity index (χ2v) is 5.93. The zero-order chi connectivity index (χ0) is 12.5. The maximum atomic E-state index is 10.5. The SMILES string of the molecule is CC1CCC(C(C)C)C2(C1)OCC(N=O)CO2. The van der Waals surface area contributed by atoms with Crippen molar-refractivity contribution in [1.82, 2.24) is 0 Å². The summed E-state index contributed by atoms with van der Waals surface area (Å²) in [5.41, 5.74) is 0. The van der Waals surface area contributed by atoms with Crippen LogP contribution >= 0.6 is 0 Å². The number of nitroso groups, excluding NO2 is 1. The van der Waals surface area contributed by atoms with Gasteiger partial charge in [-0.2, -0.15) is 4.91 Å². The van der Waals surface area contributed by atoms with Crippen LogP contribution in [0.2, 0.25) is 0 Å². The predicted molar refractivity (Wildman–Crippen MR) is 65.6 cm³/mol. The van der Waals surface area contributed by atoms with Crippen molar-refractivity contribution in [2.75, 3.05) is 13.2 Å². The Bertz CT molecular complexity index is 272. The third kappa shape index (κ3) is 2.52. The second-order valence-electron chi connectivity index (χ2n) is 5.93. The van der Waals surface area contributed by atoms with Gasteiger partial charge in [0.15, 0.2) is 5.79 Å². The summed E-state index contributed by atoms with van der Waals surface area (Å²) < 4.78 is 11.9. The molecule has 2 unspecified atom stereocenters. The summed E-state index contributed by atoms with van der Waals surface area (Å²) in [6, 6.07) is -0.328. The first kappa shape index (κ1) is 13.0. The fourth-order valence-electron chi connectivity index (χ4n) is 3.22. The standard InChI is InChI=1S/C13H23NO3/c1-9(2)12-5-4-10(3)6-13(12)16-7-11(14-15)8-17-13/h9-12H,4-8H2,1-3H3. The number of nitrogens with zero attached hydrogens (tertiary/aromatic N) is 1. The van der Waals surface area contributed by atoms with Crippen LogP contribution in [-0.4, -0.2) is 25.0 Å². The van der Waals surface area contributed by atoms with E-state index in [4.69, 9.17) is 9.47 Å². The van der Waals surface area contributed by atoms with Crippen LogP contribution in [0.5, 0.6) is 0 Å². The van der Waals surface area contributed by atoms with E-state index in [-0.39, 0.29) is 6.04 Å². The van der Waals surface area contributed by atoms with Crippen LogP contribution in [0.1, 0.15) is 40.0 Å². The zero-order valence-electron chi connectivity index (χ0n) is 11.0. The molecular formula is C13H23NO3. The molecule has 0 bridgehead atoms. The Balaban J connectivity index is 2.11. The van der Waals surface area contributed by atoms with Gasteiger partial charge < -0.3 is 9.47 Å². The lowest BCUT2D eigenvalue weighted by Gasteiger charge is -2.49. The van der Waals surface area contributed by atoms with E-state index in [1.54, 1.807) is 0 Å². The molecule has 98 valence electrons. The van der Waals surface area contributed by atoms with Crippen LogP contribution in [-0.2, 0) is 9.47 Å². The van der Waals surface area contributed by atoms with Crippen LogP contribution in [0.15, 0.2) is 5.18 Å². The Morgan fingerprint density at radius 2 is 1.88 bits per heavy atom. The summed E-state index contributed by atoms with van der Waals surface area (Å²) in [7, 11) is 0. The zero-order valence-corrected chi connectivity index (χ0v) is 11.0. The smallest absolute Gasteiger partial charge is 0.171 e. The molecule has 2 aliphatic rings. The molecule has 1 heterocycles. The van der Waals surface area contributed by atoms with E-state index in [1.807, 2.05) is 0 Å². The third-order valence-corrected chi connectivity index (χ3v) is 4.16. The Hall–Kier alpha value is -0.480. The third-order valence-electron chi connectivity index (χ3n) is 4.16. The summed E-state index contributed by atoms with van der Waals surface area (Å²) in [6.45, 7) is 7.52. The Kier molecular flexibility index (Phi) is 3.83. The minimum atomic E-state index is -0.451. The monoisotopic (exact) mass is 241 g/mol. The molecule has 4 nitrogen and oxygen atoms in total. The summed E-state index contributed by atoms with van der Waals surface area (Å²) in [5, 5.41) is 3.01. The quantitative estimate of drug-likeness (QED) is 0.698. The fraction of sp³-hybridized carbons (Fsp3) is 1.00. The van der Waals surface area contributed by atoms with Gasteiger partial charge in [0.2, 0.25) is 0 Å². The lowest BCUT2D eigenvalue weighted by molar-refractivity contribution is -0.320. The van der Waals surface area contributed by atoms with Crippen LogP contribution in [0.3, 0.4) is 0 Å². The molecule has 1 spiro atoms. The summed E-state index contributed by atoms with van der Waals surface area (Å²) in [6.07, 6.45) is 3.34. The van der Waals surface area contributed by atoms with E-state index in [2.05, 4.69) is 25.9 Å². The van der Waals surface area contributed by atoms with Crippen molar-refractivity contribution >= 4 is 0 Å². The normalized spacial score (nSPS) is 42.9. The predicted octanol–water partition coefficient (Wildman–Crippen LogP) is 2.96. The van der Waals surface area contributed by atoms with E-state index >= 15 is 0 Å². The number of hydrogen-bond donors (Lipinski definition) is 0. The van der Waals surface area contributed by atoms with Gasteiger partial charge in [-0.1, -0.05) is 32.4 Å². The Morgan fingerprint density at radius 1 is 1.24 bits per heavy atom. The average molecular weight is 241 g/mol. The van der Waals surface area contributed by atoms with Crippen molar-refractivity contribution in [3.63, 3.8) is 0 Å². The summed E-state index contributed by atoms with van der Waals surface area (Å²) in [4.78, 5) is 10.5. The van der Waals surface area contributed by atoms with E-state index in [1.165, 1.54) is 6.42 Å². The van der Waals surface area contributed by atoms with Crippen molar-refractivity contribution in [1.29, 1.82) is 0 Å². The molecule has 1 saturated carbocycles. The molecule has 2 rings (SSSR count). The number of rotatable bonds is 2. The van der Waals surface area contributed by atoms with Gasteiger partial charge in [-0.3, -0.25) is 0 Å². The van der Waals surface area contributed by atoms with Gasteiger partial charge in [0.05, 0.1) is 13.2 Å². The average Bonchev–Trinajstić information content (AvgIpc) is 2.29. The van der Waals surface area contributed by atoms with Gasteiger partial charge in [0.25, 0.3) is 0 Å². The molecule has 1 saturated heterocycles. The molecule has 0 amide bonds. The minimum absolute atomic E-state index is 0.328. The highest BCUT2D eigenvalue weighted by Crippen LogP contribution is 2.45. The highest BCUT2D eigenvalue weighted by molar-refractivity contribution is 4.91. The first-order chi connectivity index (χ1) is 8.07. The van der Waals surface area contributed by atoms with Gasteiger partial charge in [-0.15, -0.1) is 0 Å². The van der Waals surface area contributed by atoms with Gasteiger partial charge in [-0.25, -0.2) is 0 Å². The van der Waals surface area contributed by atoms with Crippen LogP contribution < -0.4 is 0 Å². The van der Waals surface area contributed by atoms with Crippen LogP contribution in [0.25, 0.3) is 0 Å². The lowest BCUT2D eigenvalue weighted by atomic mass is 9.72. The summed E-state index contributed by atoms with van der Waals surface area (Å²) >= 11 is 0. The first-order valence-electron chi connectivity index (χ1n) is 6.68. The molecule has 0 radical (unpaired) electrons. The molecule has 0 N–H and O–H groups in total. The van der Waals surface area contributed by atoms with Gasteiger partial charge in [-0.05, 0) is 18.3 Å². The van der Waals surface area contributed by atoms with Crippen LogP contribution in [0.4, 0.5) is 0 Å². The molecule has 0 aromatic carbocycles. The van der Waals surface area contributed by atoms with Crippen molar-refractivity contribution in [3.05, 3.63) is 4.91 Å². The van der Waals surface area contributed by atoms with Crippen LogP contribution in [0, 0.1) is 22.7 Å². The van der Waals surface area contributed by atoms with Crippen molar-refractivity contribution in [2.45, 2.75) is 51.9 Å². The largest absolute Gasteiger partial charge is 0.347 e. The fourth-order valence-corrected chi connectivity index (χ4v) is 3.22. The van der Waals surface area contributed by atoms with Crippen molar-refractivity contribution in [3.8, 4) is 0 Å². The molecular weight excluding hydrogens is 218 g/mol. The number of hydrogen-bond acceptors (Lipinski definition) is 4. The molecule has 2 atom stereocenters. The van der Waals surface area contributed by atoms with Crippen molar-refractivity contribution < 1.29 is 9.47 Å². The maximum absolute atomic E-state index is 10.5.